The van der Waals surface area contributed by atoms with Crippen molar-refractivity contribution in [1.82, 2.24) is 19.9 Å². The van der Waals surface area contributed by atoms with E-state index < -0.39 is 17.6 Å². The number of aromatic nitrogens is 3. The van der Waals surface area contributed by atoms with Crippen LogP contribution in [0.1, 0.15) is 26.3 Å². The SMILES string of the molecule is O=C(Nc1cccc(CNC(=O)c2cnn3c2[nH]c(=O)c2ccccc23)c1)c1cccc(F)c1. The Bertz CT molecular complexity index is 1620. The topological polar surface area (TPSA) is 108 Å². The largest absolute Gasteiger partial charge is 0.348 e. The lowest BCUT2D eigenvalue weighted by atomic mass is 10.1. The zero-order valence-electron chi connectivity index (χ0n) is 17.7. The smallest absolute Gasteiger partial charge is 0.259 e. The zero-order chi connectivity index (χ0) is 23.7. The minimum absolute atomic E-state index is 0.178. The first kappa shape index (κ1) is 21.1. The molecule has 3 aromatic carbocycles. The van der Waals surface area contributed by atoms with E-state index in [1.165, 1.54) is 28.9 Å². The number of hydrogen-bond donors (Lipinski definition) is 3. The van der Waals surface area contributed by atoms with E-state index in [0.717, 1.165) is 11.6 Å². The summed E-state index contributed by atoms with van der Waals surface area (Å²) in [6, 6.07) is 19.4. The lowest BCUT2D eigenvalue weighted by Gasteiger charge is -2.09. The van der Waals surface area contributed by atoms with Crippen molar-refractivity contribution in [3.63, 3.8) is 0 Å². The molecule has 8 nitrogen and oxygen atoms in total. The van der Waals surface area contributed by atoms with Crippen LogP contribution in [0.4, 0.5) is 10.1 Å². The third-order valence-electron chi connectivity index (χ3n) is 5.35. The summed E-state index contributed by atoms with van der Waals surface area (Å²) in [5.41, 5.74) is 2.28. The standard InChI is InChI=1S/C25H18FN5O3/c26-17-7-4-6-16(12-17)23(32)29-18-8-3-5-15(11-18)13-27-24(33)20-14-28-31-21-10-2-1-9-19(21)25(34)30-22(20)31/h1-12,14H,13H2,(H,27,33)(H,29,32)(H,30,34). The molecule has 0 unspecified atom stereocenters. The third kappa shape index (κ3) is 4.02. The van der Waals surface area contributed by atoms with Crippen LogP contribution in [0.2, 0.25) is 0 Å². The average Bonchev–Trinajstić information content (AvgIpc) is 3.27. The van der Waals surface area contributed by atoms with Gasteiger partial charge in [-0.25, -0.2) is 8.91 Å². The van der Waals surface area contributed by atoms with Crippen molar-refractivity contribution in [2.75, 3.05) is 5.32 Å². The summed E-state index contributed by atoms with van der Waals surface area (Å²) in [5, 5.41) is 10.3. The van der Waals surface area contributed by atoms with Crippen LogP contribution in [0.25, 0.3) is 16.6 Å². The summed E-state index contributed by atoms with van der Waals surface area (Å²) in [7, 11) is 0. The van der Waals surface area contributed by atoms with Gasteiger partial charge in [-0.15, -0.1) is 0 Å². The molecule has 0 atom stereocenters. The first-order valence-corrected chi connectivity index (χ1v) is 10.4. The molecule has 2 aromatic heterocycles. The second-order valence-electron chi connectivity index (χ2n) is 7.64. The first-order chi connectivity index (χ1) is 16.5. The van der Waals surface area contributed by atoms with E-state index in [1.54, 1.807) is 48.5 Å². The van der Waals surface area contributed by atoms with Crippen molar-refractivity contribution in [2.24, 2.45) is 0 Å². The number of fused-ring (bicyclic) bond motifs is 3. The van der Waals surface area contributed by atoms with E-state index >= 15 is 0 Å². The number of benzene rings is 3. The quantitative estimate of drug-likeness (QED) is 0.377. The molecule has 0 aliphatic rings. The highest BCUT2D eigenvalue weighted by atomic mass is 19.1. The fourth-order valence-electron chi connectivity index (χ4n) is 3.71. The van der Waals surface area contributed by atoms with Crippen molar-refractivity contribution in [2.45, 2.75) is 6.54 Å². The number of nitrogens with zero attached hydrogens (tertiary/aromatic N) is 2. The molecule has 0 bridgehead atoms. The Balaban J connectivity index is 1.32. The summed E-state index contributed by atoms with van der Waals surface area (Å²) in [5.74, 6) is -1.34. The van der Waals surface area contributed by atoms with E-state index in [9.17, 15) is 18.8 Å². The number of amides is 2. The maximum Gasteiger partial charge on any atom is 0.259 e. The maximum absolute atomic E-state index is 13.4. The highest BCUT2D eigenvalue weighted by Crippen LogP contribution is 2.16. The van der Waals surface area contributed by atoms with Crippen LogP contribution in [0, 0.1) is 5.82 Å². The monoisotopic (exact) mass is 455 g/mol. The van der Waals surface area contributed by atoms with E-state index in [2.05, 4.69) is 20.7 Å². The predicted octanol–water partition coefficient (Wildman–Crippen LogP) is 3.50. The van der Waals surface area contributed by atoms with Gasteiger partial charge in [-0.1, -0.05) is 30.3 Å². The van der Waals surface area contributed by atoms with Crippen molar-refractivity contribution < 1.29 is 14.0 Å². The summed E-state index contributed by atoms with van der Waals surface area (Å²) < 4.78 is 14.9. The molecule has 5 rings (SSSR count). The summed E-state index contributed by atoms with van der Waals surface area (Å²) in [6.45, 7) is 0.178. The van der Waals surface area contributed by atoms with Crippen LogP contribution in [0.5, 0.6) is 0 Å². The Labute approximate surface area is 192 Å². The van der Waals surface area contributed by atoms with E-state index in [4.69, 9.17) is 0 Å². The molecule has 0 spiro atoms. The second kappa shape index (κ2) is 8.62. The van der Waals surface area contributed by atoms with Gasteiger partial charge in [0.15, 0.2) is 0 Å². The van der Waals surface area contributed by atoms with Crippen LogP contribution in [-0.4, -0.2) is 26.4 Å². The minimum Gasteiger partial charge on any atom is -0.348 e. The van der Waals surface area contributed by atoms with E-state index in [0.29, 0.717) is 22.2 Å². The van der Waals surface area contributed by atoms with Gasteiger partial charge in [-0.3, -0.25) is 14.4 Å². The van der Waals surface area contributed by atoms with E-state index in [-0.39, 0.29) is 23.2 Å². The van der Waals surface area contributed by atoms with Gasteiger partial charge in [-0.05, 0) is 48.0 Å². The molecule has 34 heavy (non-hydrogen) atoms. The Hall–Kier alpha value is -4.79. The normalized spacial score (nSPS) is 11.0. The van der Waals surface area contributed by atoms with Crippen LogP contribution in [0.3, 0.4) is 0 Å². The fourth-order valence-corrected chi connectivity index (χ4v) is 3.71. The number of carbonyl (C=O) groups excluding carboxylic acids is 2. The summed E-state index contributed by atoms with van der Waals surface area (Å²) in [6.07, 6.45) is 1.41. The first-order valence-electron chi connectivity index (χ1n) is 10.4. The van der Waals surface area contributed by atoms with Crippen molar-refractivity contribution in [1.29, 1.82) is 0 Å². The van der Waals surface area contributed by atoms with Crippen molar-refractivity contribution in [3.05, 3.63) is 112 Å². The lowest BCUT2D eigenvalue weighted by Crippen LogP contribution is -2.23. The number of aromatic amines is 1. The highest BCUT2D eigenvalue weighted by Gasteiger charge is 2.16. The van der Waals surface area contributed by atoms with Crippen LogP contribution in [0.15, 0.2) is 83.8 Å². The minimum atomic E-state index is -0.494. The van der Waals surface area contributed by atoms with Gasteiger partial charge in [0.2, 0.25) is 0 Å². The van der Waals surface area contributed by atoms with Crippen LogP contribution < -0.4 is 16.2 Å². The maximum atomic E-state index is 13.4. The van der Waals surface area contributed by atoms with Gasteiger partial charge in [0.05, 0.1) is 17.1 Å². The number of anilines is 1. The molecule has 168 valence electrons. The van der Waals surface area contributed by atoms with Gasteiger partial charge < -0.3 is 15.6 Å². The molecule has 2 amide bonds. The van der Waals surface area contributed by atoms with Gasteiger partial charge in [0.25, 0.3) is 17.4 Å². The highest BCUT2D eigenvalue weighted by molar-refractivity contribution is 6.04. The van der Waals surface area contributed by atoms with Gasteiger partial charge in [0.1, 0.15) is 17.0 Å². The number of hydrogen-bond acceptors (Lipinski definition) is 4. The van der Waals surface area contributed by atoms with Crippen molar-refractivity contribution >= 4 is 34.1 Å². The van der Waals surface area contributed by atoms with Crippen LogP contribution >= 0.6 is 0 Å². The Kier molecular flexibility index (Phi) is 5.35. The summed E-state index contributed by atoms with van der Waals surface area (Å²) in [4.78, 5) is 40.3. The molecule has 2 heterocycles. The molecular formula is C25H18FN5O3. The predicted molar refractivity (Wildman–Crippen MR) is 125 cm³/mol. The Morgan fingerprint density at radius 2 is 1.79 bits per heavy atom. The molecule has 0 aliphatic carbocycles. The van der Waals surface area contributed by atoms with Gasteiger partial charge >= 0.3 is 0 Å². The number of halogens is 1. The molecule has 3 N–H and O–H groups in total. The summed E-state index contributed by atoms with van der Waals surface area (Å²) >= 11 is 0. The number of rotatable bonds is 5. The molecular weight excluding hydrogens is 437 g/mol. The molecule has 5 aromatic rings. The third-order valence-corrected chi connectivity index (χ3v) is 5.35. The fraction of sp³-hybridized carbons (Fsp3) is 0.0400. The van der Waals surface area contributed by atoms with E-state index in [1.807, 2.05) is 0 Å². The van der Waals surface area contributed by atoms with Crippen molar-refractivity contribution in [3.8, 4) is 0 Å². The van der Waals surface area contributed by atoms with Gasteiger partial charge in [-0.2, -0.15) is 5.10 Å². The zero-order valence-corrected chi connectivity index (χ0v) is 17.7. The molecule has 0 saturated carbocycles. The molecule has 0 aliphatic heterocycles. The molecule has 0 saturated heterocycles. The Morgan fingerprint density at radius 1 is 0.971 bits per heavy atom. The number of H-pyrrole nitrogens is 1. The second-order valence-corrected chi connectivity index (χ2v) is 7.64. The average molecular weight is 455 g/mol. The lowest BCUT2D eigenvalue weighted by molar-refractivity contribution is 0.0951. The number of nitrogens with one attached hydrogen (secondary N) is 3. The Morgan fingerprint density at radius 3 is 2.65 bits per heavy atom. The van der Waals surface area contributed by atoms with Gasteiger partial charge in [0, 0.05) is 17.8 Å². The molecule has 0 fully saturated rings. The number of carbonyl (C=O) groups is 2. The number of para-hydroxylation sites is 1. The van der Waals surface area contributed by atoms with Crippen LogP contribution in [-0.2, 0) is 6.54 Å². The molecule has 9 heteroatoms. The molecule has 0 radical (unpaired) electrons.